The first-order valence-electron chi connectivity index (χ1n) is 11.9. The lowest BCUT2D eigenvalue weighted by atomic mass is 9.84. The zero-order valence-corrected chi connectivity index (χ0v) is 19.7. The maximum Gasteiger partial charge on any atom is 0.336 e. The molecule has 9 nitrogen and oxygen atoms in total. The van der Waals surface area contributed by atoms with Gasteiger partial charge in [0.15, 0.2) is 0 Å². The van der Waals surface area contributed by atoms with E-state index in [0.29, 0.717) is 44.2 Å². The summed E-state index contributed by atoms with van der Waals surface area (Å²) in [6, 6.07) is 5.79. The minimum atomic E-state index is -1.30. The summed E-state index contributed by atoms with van der Waals surface area (Å²) in [7, 11) is 0. The molecule has 1 saturated heterocycles. The Bertz CT molecular complexity index is 1240. The maximum atomic E-state index is 12.2. The first kappa shape index (κ1) is 23.3. The van der Waals surface area contributed by atoms with Gasteiger partial charge in [-0.2, -0.15) is 0 Å². The highest BCUT2D eigenvalue weighted by Gasteiger charge is 2.30. The molecule has 0 radical (unpaired) electrons. The molecule has 1 fully saturated rings. The lowest BCUT2D eigenvalue weighted by molar-refractivity contribution is -0.133. The third-order valence-corrected chi connectivity index (χ3v) is 6.88. The van der Waals surface area contributed by atoms with E-state index in [1.54, 1.807) is 6.07 Å². The first-order valence-corrected chi connectivity index (χ1v) is 11.9. The Hall–Kier alpha value is -3.43. The fourth-order valence-electron chi connectivity index (χ4n) is 5.23. The van der Waals surface area contributed by atoms with Crippen molar-refractivity contribution in [3.63, 3.8) is 0 Å². The van der Waals surface area contributed by atoms with Crippen LogP contribution in [0.2, 0.25) is 0 Å². The number of fused-ring (bicyclic) bond motifs is 5. The number of aliphatic carboxylic acids is 2. The largest absolute Gasteiger partial charge is 0.492 e. The normalized spacial score (nSPS) is 17.7. The summed E-state index contributed by atoms with van der Waals surface area (Å²) in [6.07, 6.45) is 2.31. The van der Waals surface area contributed by atoms with E-state index in [1.165, 1.54) is 0 Å². The minimum Gasteiger partial charge on any atom is -0.492 e. The highest BCUT2D eigenvalue weighted by Crippen LogP contribution is 2.43. The second kappa shape index (κ2) is 9.67. The number of aliphatic imine (C=N–C) groups is 1. The second-order valence-corrected chi connectivity index (χ2v) is 9.03. The molecule has 0 spiro atoms. The molecular formula is C26H29N3O6. The average Bonchev–Trinajstić information content (AvgIpc) is 3.23. The number of ether oxygens (including phenoxy) is 2. The van der Waals surface area contributed by atoms with Gasteiger partial charge in [-0.15, -0.1) is 0 Å². The third kappa shape index (κ3) is 4.61. The molecule has 0 amide bonds. The molecule has 0 bridgehead atoms. The van der Waals surface area contributed by atoms with Crippen molar-refractivity contribution in [3.8, 4) is 17.0 Å². The van der Waals surface area contributed by atoms with Crippen LogP contribution in [0.25, 0.3) is 16.8 Å². The van der Waals surface area contributed by atoms with Crippen LogP contribution in [-0.4, -0.2) is 83.3 Å². The summed E-state index contributed by atoms with van der Waals surface area (Å²) in [6.45, 7) is 7.65. The van der Waals surface area contributed by atoms with Crippen LogP contribution >= 0.6 is 0 Å². The zero-order valence-electron chi connectivity index (χ0n) is 19.7. The Morgan fingerprint density at radius 1 is 1.11 bits per heavy atom. The summed E-state index contributed by atoms with van der Waals surface area (Å²) in [4.78, 5) is 30.6. The van der Waals surface area contributed by atoms with Gasteiger partial charge in [-0.3, -0.25) is 9.89 Å². The quantitative estimate of drug-likeness (QED) is 0.586. The van der Waals surface area contributed by atoms with Gasteiger partial charge < -0.3 is 24.3 Å². The van der Waals surface area contributed by atoms with E-state index in [9.17, 15) is 19.8 Å². The molecule has 9 heteroatoms. The molecular weight excluding hydrogens is 450 g/mol. The number of aryl methyl sites for hydroxylation is 2. The van der Waals surface area contributed by atoms with Crippen LogP contribution in [0.4, 0.5) is 0 Å². The molecule has 1 aliphatic carbocycles. The molecule has 3 heterocycles. The third-order valence-electron chi connectivity index (χ3n) is 6.88. The van der Waals surface area contributed by atoms with E-state index in [-0.39, 0.29) is 5.57 Å². The summed E-state index contributed by atoms with van der Waals surface area (Å²) in [5.74, 6) is -2.03. The van der Waals surface area contributed by atoms with Crippen LogP contribution in [0.5, 0.6) is 5.75 Å². The standard InChI is InChI=1S/C26H29N3O6/c1-16-22-13-18-3-2-17-12-19(35-11-8-28-6-9-34-10-7-28)14-20(21(26(32)33)15-23(30)31)24(17)25(18)29(22)5-4-27-16/h12-15H,2-11H2,1H3,(H,30,31)(H,32,33). The van der Waals surface area contributed by atoms with Gasteiger partial charge in [0.25, 0.3) is 0 Å². The topological polar surface area (TPSA) is 114 Å². The highest BCUT2D eigenvalue weighted by atomic mass is 16.5. The number of aromatic nitrogens is 1. The van der Waals surface area contributed by atoms with E-state index in [1.807, 2.05) is 13.0 Å². The second-order valence-electron chi connectivity index (χ2n) is 9.03. The van der Waals surface area contributed by atoms with E-state index < -0.39 is 11.9 Å². The van der Waals surface area contributed by atoms with Crippen molar-refractivity contribution in [2.45, 2.75) is 26.3 Å². The predicted octanol–water partition coefficient (Wildman–Crippen LogP) is 2.34. The van der Waals surface area contributed by atoms with E-state index in [2.05, 4.69) is 20.5 Å². The molecule has 2 N–H and O–H groups in total. The minimum absolute atomic E-state index is 0.253. The molecule has 0 atom stereocenters. The number of hydrogen-bond acceptors (Lipinski definition) is 6. The van der Waals surface area contributed by atoms with Crippen molar-refractivity contribution in [2.75, 3.05) is 46.0 Å². The van der Waals surface area contributed by atoms with Gasteiger partial charge in [0, 0.05) is 43.4 Å². The predicted molar refractivity (Wildman–Crippen MR) is 130 cm³/mol. The first-order chi connectivity index (χ1) is 16.9. The summed E-state index contributed by atoms with van der Waals surface area (Å²) in [5.41, 5.74) is 5.95. The Balaban J connectivity index is 1.58. The maximum absolute atomic E-state index is 12.2. The van der Waals surface area contributed by atoms with Crippen LogP contribution in [0.15, 0.2) is 29.3 Å². The molecule has 5 rings (SSSR count). The van der Waals surface area contributed by atoms with Gasteiger partial charge >= 0.3 is 11.9 Å². The van der Waals surface area contributed by atoms with Crippen molar-refractivity contribution in [2.24, 2.45) is 4.99 Å². The molecule has 2 aliphatic heterocycles. The van der Waals surface area contributed by atoms with Gasteiger partial charge in [-0.1, -0.05) is 0 Å². The smallest absolute Gasteiger partial charge is 0.336 e. The van der Waals surface area contributed by atoms with Crippen LogP contribution in [-0.2, 0) is 33.7 Å². The molecule has 3 aliphatic rings. The number of morpholine rings is 1. The average molecular weight is 480 g/mol. The van der Waals surface area contributed by atoms with Crippen LogP contribution in [0.1, 0.15) is 29.3 Å². The molecule has 1 aromatic carbocycles. The van der Waals surface area contributed by atoms with Crippen molar-refractivity contribution in [3.05, 3.63) is 46.7 Å². The van der Waals surface area contributed by atoms with Gasteiger partial charge in [-0.05, 0) is 49.1 Å². The van der Waals surface area contributed by atoms with E-state index in [0.717, 1.165) is 72.3 Å². The Labute approximate surface area is 203 Å². The van der Waals surface area contributed by atoms with Crippen molar-refractivity contribution in [1.82, 2.24) is 9.47 Å². The van der Waals surface area contributed by atoms with Crippen molar-refractivity contribution in [1.29, 1.82) is 0 Å². The molecule has 0 saturated carbocycles. The van der Waals surface area contributed by atoms with Gasteiger partial charge in [0.05, 0.1) is 42.4 Å². The monoisotopic (exact) mass is 479 g/mol. The van der Waals surface area contributed by atoms with Crippen LogP contribution in [0.3, 0.4) is 0 Å². The Kier molecular flexibility index (Phi) is 6.44. The van der Waals surface area contributed by atoms with E-state index in [4.69, 9.17) is 9.47 Å². The summed E-state index contributed by atoms with van der Waals surface area (Å²) < 4.78 is 13.7. The molecule has 184 valence electrons. The fraction of sp³-hybridized carbons (Fsp3) is 0.423. The summed E-state index contributed by atoms with van der Waals surface area (Å²) in [5, 5.41) is 19.4. The Morgan fingerprint density at radius 3 is 2.63 bits per heavy atom. The van der Waals surface area contributed by atoms with Gasteiger partial charge in [0.2, 0.25) is 0 Å². The zero-order chi connectivity index (χ0) is 24.5. The number of hydrogen-bond donors (Lipinski definition) is 2. The fourth-order valence-corrected chi connectivity index (χ4v) is 5.23. The molecule has 0 unspecified atom stereocenters. The molecule has 1 aromatic heterocycles. The van der Waals surface area contributed by atoms with Crippen molar-refractivity contribution >= 4 is 23.2 Å². The summed E-state index contributed by atoms with van der Waals surface area (Å²) >= 11 is 0. The van der Waals surface area contributed by atoms with Gasteiger partial charge in [0.1, 0.15) is 12.4 Å². The van der Waals surface area contributed by atoms with Gasteiger partial charge in [-0.25, -0.2) is 9.59 Å². The molecule has 2 aromatic rings. The number of rotatable bonds is 7. The lowest BCUT2D eigenvalue weighted by Crippen LogP contribution is -2.38. The molecule has 35 heavy (non-hydrogen) atoms. The Morgan fingerprint density at radius 2 is 1.89 bits per heavy atom. The van der Waals surface area contributed by atoms with Crippen LogP contribution < -0.4 is 4.74 Å². The SMILES string of the molecule is CC1=NCCn2c1cc1c2-c2c(cc(OCCN3CCOCC3)cc2C(=CC(=O)O)C(=O)O)CC1. The van der Waals surface area contributed by atoms with Crippen LogP contribution in [0, 0.1) is 0 Å². The van der Waals surface area contributed by atoms with Crippen molar-refractivity contribution < 1.29 is 29.3 Å². The number of benzene rings is 1. The lowest BCUT2D eigenvalue weighted by Gasteiger charge is -2.27. The highest BCUT2D eigenvalue weighted by molar-refractivity contribution is 6.21. The number of carbonyl (C=O) groups is 2. The number of nitrogens with zero attached hydrogens (tertiary/aromatic N) is 3. The van der Waals surface area contributed by atoms with E-state index >= 15 is 0 Å². The number of carboxylic acids is 2. The number of carboxylic acid groups (broad SMARTS) is 2.